The number of aliphatic imine (C=N–C) groups is 1. The van der Waals surface area contributed by atoms with Gasteiger partial charge >= 0.3 is 0 Å². The molecular formula is C18H23FN6O. The molecule has 0 radical (unpaired) electrons. The molecule has 0 aromatic carbocycles. The first kappa shape index (κ1) is 17.9. The second-order valence-corrected chi connectivity index (χ2v) is 5.98. The van der Waals surface area contributed by atoms with E-state index in [2.05, 4.69) is 25.6 Å². The molecule has 138 valence electrons. The summed E-state index contributed by atoms with van der Waals surface area (Å²) in [5.74, 6) is 1.39. The Morgan fingerprint density at radius 3 is 2.92 bits per heavy atom. The SMILES string of the molecule is CN=C(NCc1cccnc1OC)NC1CCN(c2ncccc2F)C1. The number of nitrogens with one attached hydrogen (secondary N) is 2. The molecule has 1 aliphatic rings. The average molecular weight is 358 g/mol. The summed E-state index contributed by atoms with van der Waals surface area (Å²) in [4.78, 5) is 14.5. The van der Waals surface area contributed by atoms with Crippen LogP contribution in [0.3, 0.4) is 0 Å². The van der Waals surface area contributed by atoms with E-state index in [1.54, 1.807) is 32.6 Å². The molecule has 1 aliphatic heterocycles. The summed E-state index contributed by atoms with van der Waals surface area (Å²) in [5.41, 5.74) is 0.946. The zero-order valence-electron chi connectivity index (χ0n) is 14.9. The Hall–Kier alpha value is -2.90. The summed E-state index contributed by atoms with van der Waals surface area (Å²) in [7, 11) is 3.32. The molecule has 7 nitrogen and oxygen atoms in total. The molecule has 1 atom stereocenters. The number of rotatable bonds is 5. The maximum absolute atomic E-state index is 13.9. The van der Waals surface area contributed by atoms with E-state index in [-0.39, 0.29) is 11.9 Å². The number of methoxy groups -OCH3 is 1. The first-order valence-electron chi connectivity index (χ1n) is 8.51. The minimum atomic E-state index is -0.292. The zero-order valence-corrected chi connectivity index (χ0v) is 14.9. The molecule has 3 rings (SSSR count). The monoisotopic (exact) mass is 358 g/mol. The summed E-state index contributed by atoms with van der Waals surface area (Å²) in [6.45, 7) is 1.96. The molecule has 3 heterocycles. The number of anilines is 1. The fourth-order valence-corrected chi connectivity index (χ4v) is 2.99. The van der Waals surface area contributed by atoms with Gasteiger partial charge in [-0.2, -0.15) is 0 Å². The lowest BCUT2D eigenvalue weighted by molar-refractivity contribution is 0.392. The molecule has 0 bridgehead atoms. The topological polar surface area (TPSA) is 74.7 Å². The van der Waals surface area contributed by atoms with Gasteiger partial charge in [0.15, 0.2) is 17.6 Å². The van der Waals surface area contributed by atoms with Gasteiger partial charge in [-0.3, -0.25) is 4.99 Å². The summed E-state index contributed by atoms with van der Waals surface area (Å²) < 4.78 is 19.2. The Morgan fingerprint density at radius 2 is 2.15 bits per heavy atom. The van der Waals surface area contributed by atoms with E-state index in [0.29, 0.717) is 30.7 Å². The van der Waals surface area contributed by atoms with Crippen LogP contribution in [0.25, 0.3) is 0 Å². The number of hydrogen-bond acceptors (Lipinski definition) is 5. The highest BCUT2D eigenvalue weighted by atomic mass is 19.1. The number of hydrogen-bond donors (Lipinski definition) is 2. The summed E-state index contributed by atoms with van der Waals surface area (Å²) in [5, 5.41) is 6.64. The highest BCUT2D eigenvalue weighted by Crippen LogP contribution is 2.20. The lowest BCUT2D eigenvalue weighted by Gasteiger charge is -2.20. The van der Waals surface area contributed by atoms with Gasteiger partial charge < -0.3 is 20.3 Å². The normalized spacial score (nSPS) is 17.3. The molecule has 1 saturated heterocycles. The third kappa shape index (κ3) is 4.19. The van der Waals surface area contributed by atoms with Crippen LogP contribution in [0.5, 0.6) is 5.88 Å². The molecule has 0 saturated carbocycles. The summed E-state index contributed by atoms with van der Waals surface area (Å²) in [6, 6.07) is 7.02. The maximum atomic E-state index is 13.9. The fraction of sp³-hybridized carbons (Fsp3) is 0.389. The van der Waals surface area contributed by atoms with Crippen molar-refractivity contribution < 1.29 is 9.13 Å². The smallest absolute Gasteiger partial charge is 0.218 e. The van der Waals surface area contributed by atoms with Crippen LogP contribution >= 0.6 is 0 Å². The van der Waals surface area contributed by atoms with Crippen molar-refractivity contribution in [2.24, 2.45) is 4.99 Å². The molecule has 0 amide bonds. The van der Waals surface area contributed by atoms with E-state index in [4.69, 9.17) is 4.74 Å². The lowest BCUT2D eigenvalue weighted by atomic mass is 10.2. The predicted octanol–water partition coefficient (Wildman–Crippen LogP) is 1.57. The first-order chi connectivity index (χ1) is 12.7. The van der Waals surface area contributed by atoms with Crippen molar-refractivity contribution in [3.63, 3.8) is 0 Å². The minimum absolute atomic E-state index is 0.165. The van der Waals surface area contributed by atoms with Crippen LogP contribution < -0.4 is 20.3 Å². The Balaban J connectivity index is 1.55. The van der Waals surface area contributed by atoms with Gasteiger partial charge in [-0.05, 0) is 24.6 Å². The Labute approximate surface area is 152 Å². The molecular weight excluding hydrogens is 335 g/mol. The zero-order chi connectivity index (χ0) is 18.4. The fourth-order valence-electron chi connectivity index (χ4n) is 2.99. The van der Waals surface area contributed by atoms with Gasteiger partial charge in [0.25, 0.3) is 0 Å². The molecule has 1 unspecified atom stereocenters. The van der Waals surface area contributed by atoms with Crippen molar-refractivity contribution in [3.8, 4) is 5.88 Å². The highest BCUT2D eigenvalue weighted by Gasteiger charge is 2.25. The van der Waals surface area contributed by atoms with Gasteiger partial charge in [0.2, 0.25) is 5.88 Å². The van der Waals surface area contributed by atoms with Gasteiger partial charge in [-0.1, -0.05) is 6.07 Å². The van der Waals surface area contributed by atoms with Gasteiger partial charge in [-0.25, -0.2) is 14.4 Å². The average Bonchev–Trinajstić information content (AvgIpc) is 3.14. The third-order valence-electron chi connectivity index (χ3n) is 4.28. The second-order valence-electron chi connectivity index (χ2n) is 5.98. The molecule has 2 aromatic rings. The van der Waals surface area contributed by atoms with Crippen LogP contribution in [-0.2, 0) is 6.54 Å². The molecule has 26 heavy (non-hydrogen) atoms. The van der Waals surface area contributed by atoms with Gasteiger partial charge in [0.1, 0.15) is 0 Å². The Kier molecular flexibility index (Phi) is 5.83. The van der Waals surface area contributed by atoms with Gasteiger partial charge in [-0.15, -0.1) is 0 Å². The lowest BCUT2D eigenvalue weighted by Crippen LogP contribution is -2.44. The second kappa shape index (κ2) is 8.46. The van der Waals surface area contributed by atoms with Crippen molar-refractivity contribution in [1.82, 2.24) is 20.6 Å². The van der Waals surface area contributed by atoms with E-state index in [9.17, 15) is 4.39 Å². The number of guanidine groups is 1. The number of nitrogens with zero attached hydrogens (tertiary/aromatic N) is 4. The quantitative estimate of drug-likeness (QED) is 0.624. The molecule has 2 N–H and O–H groups in total. The molecule has 1 fully saturated rings. The molecule has 8 heteroatoms. The summed E-state index contributed by atoms with van der Waals surface area (Å²) in [6.07, 6.45) is 4.19. The van der Waals surface area contributed by atoms with E-state index in [1.807, 2.05) is 17.0 Å². The largest absolute Gasteiger partial charge is 0.481 e. The van der Waals surface area contributed by atoms with Crippen LogP contribution in [0.2, 0.25) is 0 Å². The van der Waals surface area contributed by atoms with Crippen molar-refractivity contribution in [1.29, 1.82) is 0 Å². The van der Waals surface area contributed by atoms with Crippen molar-refractivity contribution >= 4 is 11.8 Å². The number of aromatic nitrogens is 2. The number of ether oxygens (including phenoxy) is 1. The van der Waals surface area contributed by atoms with Crippen LogP contribution in [0.15, 0.2) is 41.7 Å². The van der Waals surface area contributed by atoms with Crippen molar-refractivity contribution in [2.75, 3.05) is 32.1 Å². The minimum Gasteiger partial charge on any atom is -0.481 e. The highest BCUT2D eigenvalue weighted by molar-refractivity contribution is 5.80. The predicted molar refractivity (Wildman–Crippen MR) is 98.9 cm³/mol. The maximum Gasteiger partial charge on any atom is 0.218 e. The van der Waals surface area contributed by atoms with Crippen molar-refractivity contribution in [2.45, 2.75) is 19.0 Å². The van der Waals surface area contributed by atoms with E-state index in [0.717, 1.165) is 18.5 Å². The Morgan fingerprint density at radius 1 is 1.35 bits per heavy atom. The molecule has 2 aromatic heterocycles. The van der Waals surface area contributed by atoms with Crippen LogP contribution in [0, 0.1) is 5.82 Å². The van der Waals surface area contributed by atoms with Crippen molar-refractivity contribution in [3.05, 3.63) is 48.0 Å². The van der Waals surface area contributed by atoms with E-state index in [1.165, 1.54) is 6.07 Å². The van der Waals surface area contributed by atoms with Gasteiger partial charge in [0.05, 0.1) is 7.11 Å². The van der Waals surface area contributed by atoms with E-state index < -0.39 is 0 Å². The number of pyridine rings is 2. The number of halogens is 1. The summed E-state index contributed by atoms with van der Waals surface area (Å²) >= 11 is 0. The molecule has 0 aliphatic carbocycles. The first-order valence-corrected chi connectivity index (χ1v) is 8.51. The molecule has 0 spiro atoms. The van der Waals surface area contributed by atoms with Crippen LogP contribution in [0.1, 0.15) is 12.0 Å². The third-order valence-corrected chi connectivity index (χ3v) is 4.28. The van der Waals surface area contributed by atoms with Gasteiger partial charge in [0, 0.05) is 50.7 Å². The van der Waals surface area contributed by atoms with Crippen LogP contribution in [-0.4, -0.2) is 49.2 Å². The Bertz CT molecular complexity index is 769. The van der Waals surface area contributed by atoms with Crippen LogP contribution in [0.4, 0.5) is 10.2 Å². The standard InChI is InChI=1S/C18H23FN6O/c1-20-18(23-11-13-5-3-9-22-17(13)26-2)24-14-7-10-25(12-14)16-15(19)6-4-8-21-16/h3-6,8-9,14H,7,10-12H2,1-2H3,(H2,20,23,24). The van der Waals surface area contributed by atoms with E-state index >= 15 is 0 Å².